The molecule has 0 spiro atoms. The van der Waals surface area contributed by atoms with Gasteiger partial charge in [0.15, 0.2) is 0 Å². The normalized spacial score (nSPS) is 22.4. The number of likely N-dealkylation sites (tertiary alicyclic amines) is 1. The first-order valence-corrected chi connectivity index (χ1v) is 13.4. The van der Waals surface area contributed by atoms with Gasteiger partial charge in [-0.1, -0.05) is 57.4 Å². The Hall–Kier alpha value is -2.15. The van der Waals surface area contributed by atoms with Crippen molar-refractivity contribution < 1.29 is 13.2 Å². The molecule has 1 N–H and O–H groups in total. The fourth-order valence-corrected chi connectivity index (χ4v) is 6.61. The second-order valence-electron chi connectivity index (χ2n) is 9.73. The minimum atomic E-state index is -3.72. The smallest absolute Gasteiger partial charge is 0.285 e. The monoisotopic (exact) mass is 457 g/mol. The van der Waals surface area contributed by atoms with Gasteiger partial charge in [-0.2, -0.15) is 8.42 Å². The fraction of sp³-hybridized carbons (Fsp3) is 0.600. The Balaban J connectivity index is 1.43. The highest BCUT2D eigenvalue weighted by Gasteiger charge is 2.36. The zero-order valence-corrected chi connectivity index (χ0v) is 20.2. The first-order valence-electron chi connectivity index (χ1n) is 12.0. The molecule has 6 nitrogen and oxygen atoms in total. The van der Waals surface area contributed by atoms with Crippen LogP contribution in [0.1, 0.15) is 82.8 Å². The van der Waals surface area contributed by atoms with Crippen LogP contribution in [-0.4, -0.2) is 44.2 Å². The number of carbonyl (C=O) groups is 1. The van der Waals surface area contributed by atoms with Gasteiger partial charge in [0.25, 0.3) is 10.0 Å². The molecule has 1 saturated heterocycles. The van der Waals surface area contributed by atoms with Gasteiger partial charge in [-0.15, -0.1) is 4.40 Å². The standard InChI is InChI=1S/C25H35N3O3S/c1-17(2)19-9-11-20(12-10-19)23-18(3)24(27-32(23,30)31)28-15-13-21(14-16-28)25(29)26-22-7-5-4-6-8-22/h9-12,17,21-22H,4-8,13-16H2,1-3H3,(H,26,29). The molecule has 2 heterocycles. The zero-order chi connectivity index (χ0) is 22.9. The van der Waals surface area contributed by atoms with Crippen LogP contribution in [0.2, 0.25) is 0 Å². The molecule has 174 valence electrons. The molecule has 0 aromatic heterocycles. The molecule has 7 heteroatoms. The highest BCUT2D eigenvalue weighted by Crippen LogP contribution is 2.35. The van der Waals surface area contributed by atoms with E-state index in [1.165, 1.54) is 24.8 Å². The lowest BCUT2D eigenvalue weighted by Crippen LogP contribution is -2.45. The Kier molecular flexibility index (Phi) is 6.75. The summed E-state index contributed by atoms with van der Waals surface area (Å²) >= 11 is 0. The molecular weight excluding hydrogens is 422 g/mol. The van der Waals surface area contributed by atoms with Crippen LogP contribution >= 0.6 is 0 Å². The van der Waals surface area contributed by atoms with Crippen LogP contribution in [-0.2, 0) is 14.8 Å². The highest BCUT2D eigenvalue weighted by molar-refractivity contribution is 8.00. The van der Waals surface area contributed by atoms with E-state index in [2.05, 4.69) is 23.6 Å². The number of nitrogens with zero attached hydrogens (tertiary/aromatic N) is 2. The molecule has 0 unspecified atom stereocenters. The van der Waals surface area contributed by atoms with E-state index < -0.39 is 10.0 Å². The van der Waals surface area contributed by atoms with E-state index in [0.717, 1.165) is 25.7 Å². The van der Waals surface area contributed by atoms with E-state index in [1.807, 2.05) is 36.1 Å². The van der Waals surface area contributed by atoms with E-state index in [0.29, 0.717) is 46.9 Å². The molecular formula is C25H35N3O3S. The zero-order valence-electron chi connectivity index (χ0n) is 19.4. The van der Waals surface area contributed by atoms with Crippen LogP contribution in [0.25, 0.3) is 4.91 Å². The minimum Gasteiger partial charge on any atom is -0.356 e. The van der Waals surface area contributed by atoms with Crippen molar-refractivity contribution in [3.63, 3.8) is 0 Å². The van der Waals surface area contributed by atoms with Crippen molar-refractivity contribution in [2.75, 3.05) is 13.1 Å². The van der Waals surface area contributed by atoms with Crippen molar-refractivity contribution in [3.8, 4) is 0 Å². The van der Waals surface area contributed by atoms with E-state index in [1.54, 1.807) is 0 Å². The molecule has 0 radical (unpaired) electrons. The van der Waals surface area contributed by atoms with E-state index in [4.69, 9.17) is 0 Å². The van der Waals surface area contributed by atoms with Crippen LogP contribution in [0.15, 0.2) is 34.2 Å². The van der Waals surface area contributed by atoms with Gasteiger partial charge in [0.2, 0.25) is 5.91 Å². The number of sulfonamides is 1. The maximum atomic E-state index is 12.9. The van der Waals surface area contributed by atoms with Gasteiger partial charge in [0, 0.05) is 30.6 Å². The van der Waals surface area contributed by atoms with Crippen LogP contribution in [0.5, 0.6) is 0 Å². The molecule has 0 bridgehead atoms. The molecule has 1 saturated carbocycles. The third-order valence-electron chi connectivity index (χ3n) is 7.10. The van der Waals surface area contributed by atoms with Crippen LogP contribution in [0.3, 0.4) is 0 Å². The average Bonchev–Trinajstić information content (AvgIpc) is 3.03. The topological polar surface area (TPSA) is 78.8 Å². The lowest BCUT2D eigenvalue weighted by atomic mass is 9.92. The molecule has 1 amide bonds. The van der Waals surface area contributed by atoms with Crippen molar-refractivity contribution >= 4 is 26.7 Å². The van der Waals surface area contributed by atoms with Gasteiger partial charge in [0.05, 0.1) is 0 Å². The molecule has 2 aliphatic heterocycles. The molecule has 1 aromatic rings. The van der Waals surface area contributed by atoms with Gasteiger partial charge in [-0.25, -0.2) is 0 Å². The largest absolute Gasteiger partial charge is 0.356 e. The number of piperidine rings is 1. The highest BCUT2D eigenvalue weighted by atomic mass is 32.2. The number of hydrogen-bond donors (Lipinski definition) is 1. The lowest BCUT2D eigenvalue weighted by Gasteiger charge is -2.34. The molecule has 2 fully saturated rings. The first kappa shape index (κ1) is 23.0. The summed E-state index contributed by atoms with van der Waals surface area (Å²) in [5, 5.41) is 3.24. The van der Waals surface area contributed by atoms with E-state index in [9.17, 15) is 13.2 Å². The molecule has 0 atom stereocenters. The Morgan fingerprint density at radius 3 is 2.25 bits per heavy atom. The summed E-state index contributed by atoms with van der Waals surface area (Å²) in [5.74, 6) is 1.09. The average molecular weight is 458 g/mol. The predicted octanol–water partition coefficient (Wildman–Crippen LogP) is 4.44. The summed E-state index contributed by atoms with van der Waals surface area (Å²) in [7, 11) is -3.72. The van der Waals surface area contributed by atoms with Crippen molar-refractivity contribution in [1.29, 1.82) is 0 Å². The number of hydrogen-bond acceptors (Lipinski definition) is 4. The van der Waals surface area contributed by atoms with Gasteiger partial charge >= 0.3 is 0 Å². The second-order valence-corrected chi connectivity index (χ2v) is 11.3. The summed E-state index contributed by atoms with van der Waals surface area (Å²) in [5.41, 5.74) is 2.57. The second kappa shape index (κ2) is 9.38. The third kappa shape index (κ3) is 4.77. The summed E-state index contributed by atoms with van der Waals surface area (Å²) in [6.07, 6.45) is 7.30. The van der Waals surface area contributed by atoms with Gasteiger partial charge in [-0.3, -0.25) is 4.79 Å². The molecule has 3 aliphatic rings. The lowest BCUT2D eigenvalue weighted by molar-refractivity contribution is -0.127. The Morgan fingerprint density at radius 1 is 1.03 bits per heavy atom. The number of benzene rings is 1. The number of carbonyl (C=O) groups excluding carboxylic acids is 1. The van der Waals surface area contributed by atoms with E-state index >= 15 is 0 Å². The van der Waals surface area contributed by atoms with Gasteiger partial charge < -0.3 is 10.2 Å². The van der Waals surface area contributed by atoms with Gasteiger partial charge in [0.1, 0.15) is 10.7 Å². The van der Waals surface area contributed by atoms with Crippen molar-refractivity contribution in [1.82, 2.24) is 10.2 Å². The molecule has 4 rings (SSSR count). The molecule has 1 aromatic carbocycles. The fourth-order valence-electron chi connectivity index (χ4n) is 5.12. The first-order chi connectivity index (χ1) is 15.3. The minimum absolute atomic E-state index is 0.000814. The Morgan fingerprint density at radius 2 is 1.66 bits per heavy atom. The Bertz CT molecular complexity index is 1010. The van der Waals surface area contributed by atoms with Gasteiger partial charge in [-0.05, 0) is 49.7 Å². The van der Waals surface area contributed by atoms with Crippen LogP contribution in [0.4, 0.5) is 0 Å². The number of amides is 1. The Labute approximate surface area is 192 Å². The number of nitrogens with one attached hydrogen (secondary N) is 1. The van der Waals surface area contributed by atoms with Crippen molar-refractivity contribution in [2.24, 2.45) is 10.3 Å². The van der Waals surface area contributed by atoms with Crippen LogP contribution in [0, 0.1) is 5.92 Å². The molecule has 1 aliphatic carbocycles. The predicted molar refractivity (Wildman–Crippen MR) is 129 cm³/mol. The SMILES string of the molecule is CC1=C(c2ccc(C(C)C)cc2)S(=O)(=O)N=C1N1CCC(C(=O)NC2CCCCC2)CC1. The van der Waals surface area contributed by atoms with E-state index in [-0.39, 0.29) is 11.8 Å². The quantitative estimate of drug-likeness (QED) is 0.725. The maximum absolute atomic E-state index is 12.9. The third-order valence-corrected chi connectivity index (χ3v) is 8.57. The summed E-state index contributed by atoms with van der Waals surface area (Å²) in [6.45, 7) is 7.37. The summed E-state index contributed by atoms with van der Waals surface area (Å²) in [6, 6.07) is 8.07. The number of rotatable bonds is 4. The summed E-state index contributed by atoms with van der Waals surface area (Å²) in [4.78, 5) is 15.0. The maximum Gasteiger partial charge on any atom is 0.285 e. The van der Waals surface area contributed by atoms with Crippen LogP contribution < -0.4 is 5.32 Å². The van der Waals surface area contributed by atoms with Crippen molar-refractivity contribution in [3.05, 3.63) is 41.0 Å². The summed E-state index contributed by atoms with van der Waals surface area (Å²) < 4.78 is 29.9. The molecule has 32 heavy (non-hydrogen) atoms. The van der Waals surface area contributed by atoms with Crippen molar-refractivity contribution in [2.45, 2.75) is 77.7 Å². The number of amidine groups is 1.